The first-order valence-corrected chi connectivity index (χ1v) is 11.8. The lowest BCUT2D eigenvalue weighted by Gasteiger charge is -2.32. The number of piperidine rings is 1. The summed E-state index contributed by atoms with van der Waals surface area (Å²) < 4.78 is 24.7. The van der Waals surface area contributed by atoms with Crippen molar-refractivity contribution < 1.29 is 18.0 Å². The summed E-state index contributed by atoms with van der Waals surface area (Å²) in [6.07, 6.45) is 1.13. The minimum atomic E-state index is -3.54. The molecule has 30 heavy (non-hydrogen) atoms. The molecule has 2 N–H and O–H groups in total. The van der Waals surface area contributed by atoms with E-state index in [9.17, 15) is 18.0 Å². The average molecular weight is 450 g/mol. The smallest absolute Gasteiger partial charge is 0.321 e. The van der Waals surface area contributed by atoms with E-state index in [1.807, 2.05) is 30.3 Å². The Hall–Kier alpha value is -2.58. The topological polar surface area (TPSA) is 95.6 Å². The molecule has 2 aromatic carbocycles. The normalized spacial score (nSPS) is 14.9. The van der Waals surface area contributed by atoms with E-state index < -0.39 is 9.84 Å². The van der Waals surface area contributed by atoms with Gasteiger partial charge in [0, 0.05) is 36.3 Å². The lowest BCUT2D eigenvalue weighted by Crippen LogP contribution is -2.47. The van der Waals surface area contributed by atoms with Crippen molar-refractivity contribution in [2.24, 2.45) is 0 Å². The van der Waals surface area contributed by atoms with Gasteiger partial charge in [0.1, 0.15) is 0 Å². The molecule has 0 spiro atoms. The number of nitrogens with one attached hydrogen (secondary N) is 2. The zero-order valence-electron chi connectivity index (χ0n) is 16.4. The molecule has 7 nitrogen and oxygen atoms in total. The minimum absolute atomic E-state index is 0.0727. The Morgan fingerprint density at radius 1 is 1.00 bits per heavy atom. The average Bonchev–Trinajstić information content (AvgIpc) is 2.74. The maximum absolute atomic E-state index is 12.3. The molecule has 0 saturated carbocycles. The number of halogens is 1. The highest BCUT2D eigenvalue weighted by molar-refractivity contribution is 7.91. The highest BCUT2D eigenvalue weighted by Gasteiger charge is 2.24. The van der Waals surface area contributed by atoms with E-state index in [-0.39, 0.29) is 35.0 Å². The summed E-state index contributed by atoms with van der Waals surface area (Å²) in [6, 6.07) is 14.9. The largest absolute Gasteiger partial charge is 0.353 e. The first-order valence-electron chi connectivity index (χ1n) is 9.72. The Balaban J connectivity index is 1.41. The highest BCUT2D eigenvalue weighted by atomic mass is 35.5. The lowest BCUT2D eigenvalue weighted by atomic mass is 10.1. The number of hydrogen-bond acceptors (Lipinski definition) is 4. The third-order valence-electron chi connectivity index (χ3n) is 4.94. The molecular formula is C21H24ClN3O4S. The van der Waals surface area contributed by atoms with Gasteiger partial charge in [-0.3, -0.25) is 4.79 Å². The molecule has 3 rings (SSSR count). The van der Waals surface area contributed by atoms with Gasteiger partial charge in [-0.1, -0.05) is 29.8 Å². The van der Waals surface area contributed by atoms with Gasteiger partial charge in [0.2, 0.25) is 5.91 Å². The Morgan fingerprint density at radius 2 is 1.63 bits per heavy atom. The summed E-state index contributed by atoms with van der Waals surface area (Å²) in [7, 11) is -3.54. The number of urea groups is 1. The van der Waals surface area contributed by atoms with E-state index in [1.165, 1.54) is 24.3 Å². The molecule has 0 aliphatic carbocycles. The van der Waals surface area contributed by atoms with Crippen LogP contribution >= 0.6 is 11.6 Å². The van der Waals surface area contributed by atoms with Gasteiger partial charge < -0.3 is 15.5 Å². The number of anilines is 1. The summed E-state index contributed by atoms with van der Waals surface area (Å²) in [5.41, 5.74) is 0.736. The van der Waals surface area contributed by atoms with Crippen molar-refractivity contribution in [2.75, 3.05) is 24.2 Å². The summed E-state index contributed by atoms with van der Waals surface area (Å²) >= 11 is 5.78. The van der Waals surface area contributed by atoms with E-state index in [2.05, 4.69) is 10.6 Å². The molecule has 9 heteroatoms. The van der Waals surface area contributed by atoms with Crippen LogP contribution in [0.5, 0.6) is 0 Å². The summed E-state index contributed by atoms with van der Waals surface area (Å²) in [5.74, 6) is -0.571. The van der Waals surface area contributed by atoms with E-state index in [4.69, 9.17) is 11.6 Å². The van der Waals surface area contributed by atoms with Crippen molar-refractivity contribution in [2.45, 2.75) is 30.2 Å². The molecule has 1 saturated heterocycles. The molecule has 0 radical (unpaired) electrons. The van der Waals surface area contributed by atoms with Crippen LogP contribution < -0.4 is 10.6 Å². The summed E-state index contributed by atoms with van der Waals surface area (Å²) in [6.45, 7) is 1.04. The molecule has 0 unspecified atom stereocenters. The van der Waals surface area contributed by atoms with E-state index >= 15 is 0 Å². The summed E-state index contributed by atoms with van der Waals surface area (Å²) in [4.78, 5) is 26.4. The molecule has 1 aliphatic rings. The lowest BCUT2D eigenvalue weighted by molar-refractivity contribution is -0.121. The quantitative estimate of drug-likeness (QED) is 0.707. The SMILES string of the molecule is O=C(CCS(=O)(=O)c1ccc(Cl)cc1)NC1CCN(C(=O)Nc2ccccc2)CC1. The number of hydrogen-bond donors (Lipinski definition) is 2. The molecular weight excluding hydrogens is 426 g/mol. The first kappa shape index (κ1) is 22.1. The predicted molar refractivity (Wildman–Crippen MR) is 116 cm³/mol. The van der Waals surface area contributed by atoms with Gasteiger partial charge >= 0.3 is 6.03 Å². The monoisotopic (exact) mass is 449 g/mol. The molecule has 3 amide bonds. The van der Waals surface area contributed by atoms with Crippen molar-refractivity contribution in [1.29, 1.82) is 0 Å². The Kier molecular flexibility index (Phi) is 7.33. The molecule has 0 aromatic heterocycles. The van der Waals surface area contributed by atoms with Gasteiger partial charge in [0.25, 0.3) is 0 Å². The maximum Gasteiger partial charge on any atom is 0.321 e. The van der Waals surface area contributed by atoms with Gasteiger partial charge in [0.05, 0.1) is 10.6 Å². The van der Waals surface area contributed by atoms with Crippen LogP contribution in [0.2, 0.25) is 5.02 Å². The number of nitrogens with zero attached hydrogens (tertiary/aromatic N) is 1. The van der Waals surface area contributed by atoms with E-state index in [1.54, 1.807) is 4.90 Å². The third kappa shape index (κ3) is 6.21. The molecule has 1 heterocycles. The second kappa shape index (κ2) is 9.95. The molecule has 0 atom stereocenters. The number of likely N-dealkylation sites (tertiary alicyclic amines) is 1. The minimum Gasteiger partial charge on any atom is -0.353 e. The van der Waals surface area contributed by atoms with Crippen LogP contribution in [0.4, 0.5) is 10.5 Å². The second-order valence-electron chi connectivity index (χ2n) is 7.15. The third-order valence-corrected chi connectivity index (χ3v) is 6.93. The molecule has 1 aliphatic heterocycles. The van der Waals surface area contributed by atoms with Gasteiger partial charge in [-0.15, -0.1) is 0 Å². The van der Waals surface area contributed by atoms with E-state index in [0.29, 0.717) is 31.0 Å². The van der Waals surface area contributed by atoms with Gasteiger partial charge in [-0.25, -0.2) is 13.2 Å². The number of amides is 3. The van der Waals surface area contributed by atoms with Crippen LogP contribution in [0.25, 0.3) is 0 Å². The van der Waals surface area contributed by atoms with E-state index in [0.717, 1.165) is 5.69 Å². The maximum atomic E-state index is 12.3. The van der Waals surface area contributed by atoms with Crippen molar-refractivity contribution in [3.05, 3.63) is 59.6 Å². The Labute approximate surface area is 181 Å². The van der Waals surface area contributed by atoms with Crippen LogP contribution in [0.3, 0.4) is 0 Å². The zero-order valence-corrected chi connectivity index (χ0v) is 18.0. The fourth-order valence-electron chi connectivity index (χ4n) is 3.24. The van der Waals surface area contributed by atoms with Crippen LogP contribution in [0.1, 0.15) is 19.3 Å². The zero-order chi connectivity index (χ0) is 21.6. The number of para-hydroxylation sites is 1. The summed E-state index contributed by atoms with van der Waals surface area (Å²) in [5, 5.41) is 6.18. The van der Waals surface area contributed by atoms with Crippen LogP contribution in [-0.4, -0.2) is 50.1 Å². The predicted octanol–water partition coefficient (Wildman–Crippen LogP) is 3.32. The van der Waals surface area contributed by atoms with Crippen LogP contribution in [0, 0.1) is 0 Å². The van der Waals surface area contributed by atoms with Crippen molar-refractivity contribution >= 4 is 39.1 Å². The Bertz CT molecular complexity index is 973. The Morgan fingerprint density at radius 3 is 2.27 bits per heavy atom. The van der Waals surface area contributed by atoms with Crippen LogP contribution in [-0.2, 0) is 14.6 Å². The fourth-order valence-corrected chi connectivity index (χ4v) is 4.60. The van der Waals surface area contributed by atoms with Gasteiger partial charge in [-0.05, 0) is 49.2 Å². The molecule has 2 aromatic rings. The number of carbonyl (C=O) groups excluding carboxylic acids is 2. The molecule has 160 valence electrons. The number of carbonyl (C=O) groups is 2. The number of benzene rings is 2. The second-order valence-corrected chi connectivity index (χ2v) is 9.69. The van der Waals surface area contributed by atoms with Crippen molar-refractivity contribution in [1.82, 2.24) is 10.2 Å². The standard InChI is InChI=1S/C21H24ClN3O4S/c22-16-6-8-19(9-7-16)30(28,29)15-12-20(26)23-18-10-13-25(14-11-18)21(27)24-17-4-2-1-3-5-17/h1-9,18H,10-15H2,(H,23,26)(H,24,27). The number of rotatable bonds is 6. The van der Waals surface area contributed by atoms with Crippen molar-refractivity contribution in [3.8, 4) is 0 Å². The fraction of sp³-hybridized carbons (Fsp3) is 0.333. The molecule has 0 bridgehead atoms. The number of sulfone groups is 1. The first-order chi connectivity index (χ1) is 14.3. The highest BCUT2D eigenvalue weighted by Crippen LogP contribution is 2.17. The van der Waals surface area contributed by atoms with Gasteiger partial charge in [-0.2, -0.15) is 0 Å². The van der Waals surface area contributed by atoms with Gasteiger partial charge in [0.15, 0.2) is 9.84 Å². The van der Waals surface area contributed by atoms with Crippen molar-refractivity contribution in [3.63, 3.8) is 0 Å². The molecule has 1 fully saturated rings. The van der Waals surface area contributed by atoms with Crippen LogP contribution in [0.15, 0.2) is 59.5 Å².